The number of rotatable bonds is 5. The summed E-state index contributed by atoms with van der Waals surface area (Å²) in [6, 6.07) is 7.23. The van der Waals surface area contributed by atoms with Crippen molar-refractivity contribution in [2.45, 2.75) is 32.9 Å². The van der Waals surface area contributed by atoms with E-state index < -0.39 is 0 Å². The van der Waals surface area contributed by atoms with Gasteiger partial charge in [0.05, 0.1) is 6.20 Å². The van der Waals surface area contributed by atoms with Crippen LogP contribution in [0.25, 0.3) is 0 Å². The van der Waals surface area contributed by atoms with Gasteiger partial charge < -0.3 is 0 Å². The first-order valence-electron chi connectivity index (χ1n) is 8.19. The number of carbonyl (C=O) groups is 1. The third-order valence-corrected chi connectivity index (χ3v) is 4.67. The molecular weight excluding hydrogens is 310 g/mol. The molecule has 0 unspecified atom stereocenters. The Hall–Kier alpha value is -1.65. The van der Waals surface area contributed by atoms with Crippen LogP contribution in [0.1, 0.15) is 35.7 Å². The van der Waals surface area contributed by atoms with Gasteiger partial charge in [-0.25, -0.2) is 0 Å². The predicted molar refractivity (Wildman–Crippen MR) is 91.7 cm³/mol. The molecule has 0 saturated carbocycles. The van der Waals surface area contributed by atoms with Gasteiger partial charge >= 0.3 is 0 Å². The Morgan fingerprint density at radius 1 is 1.35 bits per heavy atom. The molecule has 1 fully saturated rings. The van der Waals surface area contributed by atoms with Gasteiger partial charge in [0.25, 0.3) is 0 Å². The van der Waals surface area contributed by atoms with Gasteiger partial charge in [0, 0.05) is 47.9 Å². The third-order valence-electron chi connectivity index (χ3n) is 4.42. The molecule has 0 aliphatic carbocycles. The molecule has 1 aliphatic rings. The van der Waals surface area contributed by atoms with Crippen LogP contribution in [0.5, 0.6) is 0 Å². The van der Waals surface area contributed by atoms with Crippen LogP contribution >= 0.6 is 11.6 Å². The highest BCUT2D eigenvalue weighted by Crippen LogP contribution is 2.23. The molecule has 0 bridgehead atoms. The summed E-state index contributed by atoms with van der Waals surface area (Å²) in [5.41, 5.74) is 1.98. The van der Waals surface area contributed by atoms with Gasteiger partial charge in [-0.3, -0.25) is 14.4 Å². The van der Waals surface area contributed by atoms with Gasteiger partial charge in [-0.1, -0.05) is 11.6 Å². The molecular formula is C18H22ClN3O. The van der Waals surface area contributed by atoms with Gasteiger partial charge in [-0.2, -0.15) is 5.10 Å². The summed E-state index contributed by atoms with van der Waals surface area (Å²) in [6.07, 6.45) is 6.04. The van der Waals surface area contributed by atoms with E-state index in [1.807, 2.05) is 23.0 Å². The lowest BCUT2D eigenvalue weighted by molar-refractivity contribution is 0.0811. The number of piperidine rings is 1. The number of halogens is 1. The van der Waals surface area contributed by atoms with E-state index in [1.165, 1.54) is 5.56 Å². The topological polar surface area (TPSA) is 38.1 Å². The van der Waals surface area contributed by atoms with E-state index in [4.69, 9.17) is 11.6 Å². The molecule has 3 rings (SSSR count). The van der Waals surface area contributed by atoms with E-state index in [0.29, 0.717) is 5.02 Å². The second-order valence-electron chi connectivity index (χ2n) is 6.15. The summed E-state index contributed by atoms with van der Waals surface area (Å²) < 4.78 is 1.94. The number of likely N-dealkylation sites (tertiary alicyclic amines) is 1. The fourth-order valence-corrected chi connectivity index (χ4v) is 3.31. The van der Waals surface area contributed by atoms with Crippen molar-refractivity contribution >= 4 is 17.4 Å². The maximum Gasteiger partial charge on any atom is 0.167 e. The summed E-state index contributed by atoms with van der Waals surface area (Å²) in [4.78, 5) is 15.0. The second kappa shape index (κ2) is 7.28. The van der Waals surface area contributed by atoms with Crippen molar-refractivity contribution in [3.05, 3.63) is 52.8 Å². The third kappa shape index (κ3) is 4.01. The lowest BCUT2D eigenvalue weighted by Crippen LogP contribution is -2.38. The summed E-state index contributed by atoms with van der Waals surface area (Å²) in [5.74, 6) is 0.307. The Kier molecular flexibility index (Phi) is 5.13. The zero-order valence-corrected chi connectivity index (χ0v) is 14.2. The lowest BCUT2D eigenvalue weighted by Gasteiger charge is -2.31. The smallest absolute Gasteiger partial charge is 0.167 e. The summed E-state index contributed by atoms with van der Waals surface area (Å²) in [5, 5.41) is 4.99. The van der Waals surface area contributed by atoms with Crippen molar-refractivity contribution < 1.29 is 4.79 Å². The molecule has 5 heteroatoms. The van der Waals surface area contributed by atoms with Crippen LogP contribution in [0.15, 0.2) is 36.7 Å². The Morgan fingerprint density at radius 2 is 2.13 bits per heavy atom. The van der Waals surface area contributed by atoms with Crippen LogP contribution in [0, 0.1) is 5.92 Å². The molecule has 122 valence electrons. The van der Waals surface area contributed by atoms with E-state index in [2.05, 4.69) is 23.1 Å². The van der Waals surface area contributed by atoms with Gasteiger partial charge in [0.1, 0.15) is 0 Å². The largest absolute Gasteiger partial charge is 0.298 e. The first-order valence-corrected chi connectivity index (χ1v) is 8.57. The molecule has 1 aliphatic heterocycles. The highest BCUT2D eigenvalue weighted by Gasteiger charge is 2.26. The molecule has 0 amide bonds. The maximum absolute atomic E-state index is 12.7. The zero-order valence-electron chi connectivity index (χ0n) is 13.4. The van der Waals surface area contributed by atoms with Gasteiger partial charge in [-0.15, -0.1) is 0 Å². The lowest BCUT2D eigenvalue weighted by atomic mass is 9.90. The number of ketones is 1. The SMILES string of the molecule is CCn1cc(CN2CCC[C@@H](C(=O)c3ccc(Cl)cc3)C2)cn1. The second-order valence-corrected chi connectivity index (χ2v) is 6.59. The van der Waals surface area contributed by atoms with Crippen molar-refractivity contribution in [1.29, 1.82) is 0 Å². The van der Waals surface area contributed by atoms with Gasteiger partial charge in [0.15, 0.2) is 5.78 Å². The molecule has 2 heterocycles. The Bertz CT molecular complexity index is 665. The molecule has 4 nitrogen and oxygen atoms in total. The summed E-state index contributed by atoms with van der Waals surface area (Å²) in [6.45, 7) is 5.70. The van der Waals surface area contributed by atoms with Crippen LogP contribution in [0.3, 0.4) is 0 Å². The van der Waals surface area contributed by atoms with E-state index in [0.717, 1.165) is 44.6 Å². The average Bonchev–Trinajstić information content (AvgIpc) is 3.03. The molecule has 0 radical (unpaired) electrons. The molecule has 0 N–H and O–H groups in total. The number of benzene rings is 1. The van der Waals surface area contributed by atoms with Gasteiger partial charge in [0.2, 0.25) is 0 Å². The molecule has 1 saturated heterocycles. The Balaban J connectivity index is 1.63. The molecule has 1 aromatic heterocycles. The van der Waals surface area contributed by atoms with E-state index >= 15 is 0 Å². The number of nitrogens with zero attached hydrogens (tertiary/aromatic N) is 3. The number of aryl methyl sites for hydroxylation is 1. The van der Waals surface area contributed by atoms with Gasteiger partial charge in [-0.05, 0) is 50.6 Å². The molecule has 1 aromatic carbocycles. The van der Waals surface area contributed by atoms with Crippen molar-refractivity contribution in [1.82, 2.24) is 14.7 Å². The quantitative estimate of drug-likeness (QED) is 0.785. The van der Waals surface area contributed by atoms with E-state index in [1.54, 1.807) is 12.1 Å². The van der Waals surface area contributed by atoms with Crippen molar-refractivity contribution in [3.63, 3.8) is 0 Å². The summed E-state index contributed by atoms with van der Waals surface area (Å²) in [7, 11) is 0. The van der Waals surface area contributed by atoms with Crippen LogP contribution in [-0.4, -0.2) is 33.6 Å². The first kappa shape index (κ1) is 16.2. The van der Waals surface area contributed by atoms with Crippen LogP contribution in [0.4, 0.5) is 0 Å². The van der Waals surface area contributed by atoms with E-state index in [9.17, 15) is 4.79 Å². The number of hydrogen-bond acceptors (Lipinski definition) is 3. The molecule has 1 atom stereocenters. The summed E-state index contributed by atoms with van der Waals surface area (Å²) >= 11 is 5.90. The minimum atomic E-state index is 0.0751. The normalized spacial score (nSPS) is 19.0. The number of Topliss-reactive ketones (excluding diaryl/α,β-unsaturated/α-hetero) is 1. The molecule has 23 heavy (non-hydrogen) atoms. The molecule has 2 aromatic rings. The number of aromatic nitrogens is 2. The Morgan fingerprint density at radius 3 is 2.83 bits per heavy atom. The highest BCUT2D eigenvalue weighted by atomic mass is 35.5. The molecule has 0 spiro atoms. The van der Waals surface area contributed by atoms with Crippen molar-refractivity contribution in [2.75, 3.05) is 13.1 Å². The highest BCUT2D eigenvalue weighted by molar-refractivity contribution is 6.30. The van der Waals surface area contributed by atoms with Crippen LogP contribution in [0.2, 0.25) is 5.02 Å². The van der Waals surface area contributed by atoms with Crippen LogP contribution in [-0.2, 0) is 13.1 Å². The number of hydrogen-bond donors (Lipinski definition) is 0. The fourth-order valence-electron chi connectivity index (χ4n) is 3.18. The standard InChI is InChI=1S/C18H22ClN3O/c1-2-22-12-14(10-20-22)11-21-9-3-4-16(13-21)18(23)15-5-7-17(19)8-6-15/h5-8,10,12,16H,2-4,9,11,13H2,1H3/t16-/m1/s1. The predicted octanol–water partition coefficient (Wildman–Crippen LogP) is 3.65. The fraction of sp³-hybridized carbons (Fsp3) is 0.444. The number of carbonyl (C=O) groups excluding carboxylic acids is 1. The monoisotopic (exact) mass is 331 g/mol. The van der Waals surface area contributed by atoms with E-state index in [-0.39, 0.29) is 11.7 Å². The first-order chi connectivity index (χ1) is 11.2. The van der Waals surface area contributed by atoms with Crippen molar-refractivity contribution in [2.24, 2.45) is 5.92 Å². The Labute approximate surface area is 142 Å². The van der Waals surface area contributed by atoms with Crippen molar-refractivity contribution in [3.8, 4) is 0 Å². The zero-order chi connectivity index (χ0) is 16.2. The van der Waals surface area contributed by atoms with Crippen LogP contribution < -0.4 is 0 Å². The minimum absolute atomic E-state index is 0.0751. The average molecular weight is 332 g/mol. The maximum atomic E-state index is 12.7. The minimum Gasteiger partial charge on any atom is -0.298 e.